The van der Waals surface area contributed by atoms with Gasteiger partial charge in [-0.1, -0.05) is 18.2 Å². The first-order valence-corrected chi connectivity index (χ1v) is 10.4. The number of methoxy groups -OCH3 is 1. The molecule has 3 aromatic carbocycles. The molecule has 0 aliphatic heterocycles. The van der Waals surface area contributed by atoms with E-state index in [1.54, 1.807) is 13.2 Å². The van der Waals surface area contributed by atoms with Crippen LogP contribution in [0.25, 0.3) is 0 Å². The Morgan fingerprint density at radius 2 is 1.61 bits per heavy atom. The molecule has 0 bridgehead atoms. The van der Waals surface area contributed by atoms with Gasteiger partial charge in [-0.3, -0.25) is 4.79 Å². The van der Waals surface area contributed by atoms with E-state index >= 15 is 0 Å². The molecule has 0 saturated carbocycles. The van der Waals surface area contributed by atoms with Gasteiger partial charge >= 0.3 is 0 Å². The molecule has 1 amide bonds. The summed E-state index contributed by atoms with van der Waals surface area (Å²) in [6, 6.07) is 19.0. The van der Waals surface area contributed by atoms with Crippen LogP contribution in [0.4, 0.5) is 0 Å². The lowest BCUT2D eigenvalue weighted by Gasteiger charge is -2.14. The van der Waals surface area contributed by atoms with Gasteiger partial charge in [-0.2, -0.15) is 0 Å². The van der Waals surface area contributed by atoms with Crippen molar-refractivity contribution >= 4 is 5.91 Å². The molecule has 3 rings (SSSR count). The Kier molecular flexibility index (Phi) is 7.55. The van der Waals surface area contributed by atoms with Gasteiger partial charge in [0, 0.05) is 17.7 Å². The number of aryl methyl sites for hydroxylation is 2. The number of rotatable bonds is 9. The Labute approximate surface area is 184 Å². The maximum atomic E-state index is 12.7. The summed E-state index contributed by atoms with van der Waals surface area (Å²) in [5.41, 5.74) is 4.79. The average molecular weight is 420 g/mol. The number of hydrogen-bond acceptors (Lipinski definition) is 4. The van der Waals surface area contributed by atoms with Gasteiger partial charge in [-0.15, -0.1) is 0 Å². The number of nitrogens with one attached hydrogen (secondary N) is 1. The highest BCUT2D eigenvalue weighted by molar-refractivity contribution is 5.94. The van der Waals surface area contributed by atoms with Gasteiger partial charge in [0.2, 0.25) is 0 Å². The predicted octanol–water partition coefficient (Wildman–Crippen LogP) is 5.22. The second kappa shape index (κ2) is 10.5. The van der Waals surface area contributed by atoms with Crippen LogP contribution in [0.3, 0.4) is 0 Å². The minimum absolute atomic E-state index is 0.147. The molecule has 0 aliphatic carbocycles. The molecule has 0 heterocycles. The van der Waals surface area contributed by atoms with E-state index in [9.17, 15) is 4.79 Å². The predicted molar refractivity (Wildman–Crippen MR) is 122 cm³/mol. The minimum Gasteiger partial charge on any atom is -0.497 e. The van der Waals surface area contributed by atoms with Crippen LogP contribution in [0.5, 0.6) is 17.2 Å². The molecular formula is C26H29NO4. The van der Waals surface area contributed by atoms with E-state index in [2.05, 4.69) is 19.2 Å². The number of carbonyl (C=O) groups excluding carboxylic acids is 1. The van der Waals surface area contributed by atoms with Crippen molar-refractivity contribution < 1.29 is 19.0 Å². The zero-order valence-electron chi connectivity index (χ0n) is 18.5. The highest BCUT2D eigenvalue weighted by Crippen LogP contribution is 2.24. The van der Waals surface area contributed by atoms with E-state index in [1.807, 2.05) is 61.5 Å². The Morgan fingerprint density at radius 1 is 0.871 bits per heavy atom. The fourth-order valence-electron chi connectivity index (χ4n) is 3.12. The maximum absolute atomic E-state index is 12.7. The summed E-state index contributed by atoms with van der Waals surface area (Å²) in [6.07, 6.45) is 0. The van der Waals surface area contributed by atoms with Crippen molar-refractivity contribution in [1.82, 2.24) is 5.32 Å². The largest absolute Gasteiger partial charge is 0.497 e. The quantitative estimate of drug-likeness (QED) is 0.517. The van der Waals surface area contributed by atoms with Crippen LogP contribution in [0.15, 0.2) is 60.7 Å². The maximum Gasteiger partial charge on any atom is 0.251 e. The van der Waals surface area contributed by atoms with Gasteiger partial charge in [0.25, 0.3) is 5.91 Å². The van der Waals surface area contributed by atoms with E-state index in [1.165, 1.54) is 11.1 Å². The second-order valence-electron chi connectivity index (χ2n) is 7.32. The van der Waals surface area contributed by atoms with Gasteiger partial charge < -0.3 is 19.5 Å². The molecule has 3 aromatic rings. The van der Waals surface area contributed by atoms with Crippen LogP contribution < -0.4 is 19.5 Å². The number of ether oxygens (including phenoxy) is 3. The lowest BCUT2D eigenvalue weighted by Crippen LogP contribution is -2.23. The standard InChI is InChI=1S/C26H29NO4/c1-5-30-25-13-9-21(26(28)27-16-20-7-11-23(29-4)12-8-20)15-22(25)17-31-24-10-6-18(2)19(3)14-24/h6-15H,5,16-17H2,1-4H3,(H,27,28). The molecule has 1 N–H and O–H groups in total. The first-order chi connectivity index (χ1) is 15.0. The van der Waals surface area contributed by atoms with Crippen molar-refractivity contribution in [1.29, 1.82) is 0 Å². The van der Waals surface area contributed by atoms with Crippen LogP contribution in [-0.2, 0) is 13.2 Å². The monoisotopic (exact) mass is 419 g/mol. The van der Waals surface area contributed by atoms with E-state index < -0.39 is 0 Å². The van der Waals surface area contributed by atoms with Crippen LogP contribution in [0.1, 0.15) is 39.5 Å². The van der Waals surface area contributed by atoms with Gasteiger partial charge in [-0.25, -0.2) is 0 Å². The fraction of sp³-hybridized carbons (Fsp3) is 0.269. The number of benzene rings is 3. The molecule has 5 heteroatoms. The first kappa shape index (κ1) is 22.2. The summed E-state index contributed by atoms with van der Waals surface area (Å²) in [4.78, 5) is 12.7. The van der Waals surface area contributed by atoms with Crippen LogP contribution in [0, 0.1) is 13.8 Å². The summed E-state index contributed by atoms with van der Waals surface area (Å²) in [5.74, 6) is 2.15. The summed E-state index contributed by atoms with van der Waals surface area (Å²) >= 11 is 0. The van der Waals surface area contributed by atoms with Crippen molar-refractivity contribution in [2.75, 3.05) is 13.7 Å². The summed E-state index contributed by atoms with van der Waals surface area (Å²) in [6.45, 7) is 7.35. The summed E-state index contributed by atoms with van der Waals surface area (Å²) in [5, 5.41) is 2.96. The molecule has 0 aliphatic rings. The van der Waals surface area contributed by atoms with Crippen molar-refractivity contribution in [3.05, 3.63) is 88.5 Å². The lowest BCUT2D eigenvalue weighted by molar-refractivity contribution is 0.0950. The third-order valence-corrected chi connectivity index (χ3v) is 5.11. The zero-order chi connectivity index (χ0) is 22.2. The van der Waals surface area contributed by atoms with Crippen molar-refractivity contribution in [2.24, 2.45) is 0 Å². The molecule has 5 nitrogen and oxygen atoms in total. The third-order valence-electron chi connectivity index (χ3n) is 5.11. The molecule has 0 aromatic heterocycles. The van der Waals surface area contributed by atoms with Crippen LogP contribution >= 0.6 is 0 Å². The lowest BCUT2D eigenvalue weighted by atomic mass is 10.1. The number of carbonyl (C=O) groups is 1. The second-order valence-corrected chi connectivity index (χ2v) is 7.32. The van der Waals surface area contributed by atoms with E-state index in [0.717, 1.165) is 28.4 Å². The van der Waals surface area contributed by atoms with Crippen molar-refractivity contribution in [3.8, 4) is 17.2 Å². The summed E-state index contributed by atoms with van der Waals surface area (Å²) < 4.78 is 16.9. The Bertz CT molecular complexity index is 1030. The Morgan fingerprint density at radius 3 is 2.29 bits per heavy atom. The number of amides is 1. The van der Waals surface area contributed by atoms with Crippen LogP contribution in [-0.4, -0.2) is 19.6 Å². The van der Waals surface area contributed by atoms with E-state index in [4.69, 9.17) is 14.2 Å². The van der Waals surface area contributed by atoms with E-state index in [-0.39, 0.29) is 5.91 Å². The Hall–Kier alpha value is -3.47. The van der Waals surface area contributed by atoms with Gasteiger partial charge in [-0.05, 0) is 79.9 Å². The van der Waals surface area contributed by atoms with Crippen molar-refractivity contribution in [2.45, 2.75) is 33.9 Å². The van der Waals surface area contributed by atoms with Gasteiger partial charge in [0.05, 0.1) is 13.7 Å². The topological polar surface area (TPSA) is 56.8 Å². The molecule has 0 spiro atoms. The van der Waals surface area contributed by atoms with Gasteiger partial charge in [0.15, 0.2) is 0 Å². The molecule has 162 valence electrons. The normalized spacial score (nSPS) is 10.5. The SMILES string of the molecule is CCOc1ccc(C(=O)NCc2ccc(OC)cc2)cc1COc1ccc(C)c(C)c1. The molecule has 0 radical (unpaired) electrons. The smallest absolute Gasteiger partial charge is 0.251 e. The summed E-state index contributed by atoms with van der Waals surface area (Å²) in [7, 11) is 1.63. The molecule has 0 unspecified atom stereocenters. The molecule has 0 atom stereocenters. The fourth-order valence-corrected chi connectivity index (χ4v) is 3.12. The first-order valence-electron chi connectivity index (χ1n) is 10.4. The third kappa shape index (κ3) is 6.01. The Balaban J connectivity index is 1.69. The average Bonchev–Trinajstić information content (AvgIpc) is 2.79. The van der Waals surface area contributed by atoms with Crippen LogP contribution in [0.2, 0.25) is 0 Å². The minimum atomic E-state index is -0.147. The van der Waals surface area contributed by atoms with Gasteiger partial charge in [0.1, 0.15) is 23.9 Å². The van der Waals surface area contributed by atoms with E-state index in [0.29, 0.717) is 25.3 Å². The highest BCUT2D eigenvalue weighted by Gasteiger charge is 2.12. The zero-order valence-corrected chi connectivity index (χ0v) is 18.5. The highest BCUT2D eigenvalue weighted by atomic mass is 16.5. The molecule has 31 heavy (non-hydrogen) atoms. The van der Waals surface area contributed by atoms with Crippen molar-refractivity contribution in [3.63, 3.8) is 0 Å². The molecular weight excluding hydrogens is 390 g/mol. The number of hydrogen-bond donors (Lipinski definition) is 1. The molecule has 0 fully saturated rings. The molecule has 0 saturated heterocycles.